The van der Waals surface area contributed by atoms with Gasteiger partial charge < -0.3 is 5.32 Å². The molecule has 0 spiro atoms. The molecule has 1 N–H and O–H groups in total. The number of benzene rings is 1. The van der Waals surface area contributed by atoms with Crippen LogP contribution in [0.1, 0.15) is 26.2 Å². The van der Waals surface area contributed by atoms with Crippen LogP contribution in [0.15, 0.2) is 29.2 Å². The summed E-state index contributed by atoms with van der Waals surface area (Å²) in [6.07, 6.45) is 2.90. The zero-order valence-electron chi connectivity index (χ0n) is 12.4. The molecule has 2 rings (SSSR count). The van der Waals surface area contributed by atoms with E-state index in [9.17, 15) is 12.8 Å². The average Bonchev–Trinajstić information content (AvgIpc) is 2.48. The normalized spacial score (nSPS) is 20.6. The number of hydrogen-bond donors (Lipinski definition) is 1. The first kappa shape index (κ1) is 16.4. The lowest BCUT2D eigenvalue weighted by molar-refractivity contribution is 0.260. The fraction of sp³-hybridized carbons (Fsp3) is 0.600. The highest BCUT2D eigenvalue weighted by atomic mass is 32.2. The maximum atomic E-state index is 13.8. The van der Waals surface area contributed by atoms with Crippen molar-refractivity contribution in [2.24, 2.45) is 5.92 Å². The highest BCUT2D eigenvalue weighted by molar-refractivity contribution is 7.89. The molecule has 0 saturated carbocycles. The van der Waals surface area contributed by atoms with E-state index in [1.165, 1.54) is 22.5 Å². The van der Waals surface area contributed by atoms with Gasteiger partial charge in [-0.15, -0.1) is 0 Å². The van der Waals surface area contributed by atoms with Crippen LogP contribution in [0.25, 0.3) is 0 Å². The zero-order valence-corrected chi connectivity index (χ0v) is 13.2. The van der Waals surface area contributed by atoms with Crippen LogP contribution >= 0.6 is 0 Å². The van der Waals surface area contributed by atoms with E-state index in [2.05, 4.69) is 12.2 Å². The number of rotatable bonds is 6. The van der Waals surface area contributed by atoms with Crippen molar-refractivity contribution in [3.05, 3.63) is 30.1 Å². The molecule has 6 heteroatoms. The molecule has 1 saturated heterocycles. The summed E-state index contributed by atoms with van der Waals surface area (Å²) in [7, 11) is -3.73. The van der Waals surface area contributed by atoms with E-state index in [0.29, 0.717) is 19.0 Å². The van der Waals surface area contributed by atoms with Crippen molar-refractivity contribution in [1.82, 2.24) is 9.62 Å². The number of halogens is 1. The maximum absolute atomic E-state index is 13.8. The van der Waals surface area contributed by atoms with E-state index in [0.717, 1.165) is 32.4 Å². The van der Waals surface area contributed by atoms with Crippen molar-refractivity contribution in [3.63, 3.8) is 0 Å². The standard InChI is InChI=1S/C15H23FN2O2S/c1-2-9-17-11-13-6-5-10-18(12-13)21(19,20)15-8-4-3-7-14(15)16/h3-4,7-8,13,17H,2,5-6,9-12H2,1H3. The Morgan fingerprint density at radius 3 is 2.86 bits per heavy atom. The lowest BCUT2D eigenvalue weighted by atomic mass is 10.00. The highest BCUT2D eigenvalue weighted by Crippen LogP contribution is 2.24. The Labute approximate surface area is 126 Å². The number of nitrogens with one attached hydrogen (secondary N) is 1. The first-order valence-corrected chi connectivity index (χ1v) is 8.95. The monoisotopic (exact) mass is 314 g/mol. The summed E-state index contributed by atoms with van der Waals surface area (Å²) >= 11 is 0. The van der Waals surface area contributed by atoms with E-state index in [-0.39, 0.29) is 4.90 Å². The van der Waals surface area contributed by atoms with Gasteiger partial charge in [0, 0.05) is 13.1 Å². The van der Waals surface area contributed by atoms with Crippen LogP contribution in [-0.4, -0.2) is 38.9 Å². The van der Waals surface area contributed by atoms with Gasteiger partial charge in [-0.25, -0.2) is 12.8 Å². The summed E-state index contributed by atoms with van der Waals surface area (Å²) < 4.78 is 40.3. The summed E-state index contributed by atoms with van der Waals surface area (Å²) in [6.45, 7) is 4.80. The van der Waals surface area contributed by atoms with Crippen LogP contribution in [-0.2, 0) is 10.0 Å². The molecule has 1 aromatic carbocycles. The molecular formula is C15H23FN2O2S. The van der Waals surface area contributed by atoms with Crippen LogP contribution in [0.5, 0.6) is 0 Å². The minimum absolute atomic E-state index is 0.216. The van der Waals surface area contributed by atoms with Crippen molar-refractivity contribution in [1.29, 1.82) is 0 Å². The van der Waals surface area contributed by atoms with Crippen molar-refractivity contribution >= 4 is 10.0 Å². The first-order chi connectivity index (χ1) is 10.1. The van der Waals surface area contributed by atoms with Gasteiger partial charge in [0.05, 0.1) is 0 Å². The molecule has 0 aromatic heterocycles. The van der Waals surface area contributed by atoms with Crippen molar-refractivity contribution < 1.29 is 12.8 Å². The molecule has 0 radical (unpaired) electrons. The van der Waals surface area contributed by atoms with E-state index in [4.69, 9.17) is 0 Å². The third-order valence-corrected chi connectivity index (χ3v) is 5.69. The molecule has 1 fully saturated rings. The molecule has 1 aliphatic rings. The van der Waals surface area contributed by atoms with E-state index in [1.807, 2.05) is 0 Å². The molecule has 1 heterocycles. The van der Waals surface area contributed by atoms with Gasteiger partial charge in [0.1, 0.15) is 10.7 Å². The Balaban J connectivity index is 2.08. The Morgan fingerprint density at radius 2 is 2.14 bits per heavy atom. The van der Waals surface area contributed by atoms with Gasteiger partial charge in [0.15, 0.2) is 0 Å². The summed E-state index contributed by atoms with van der Waals surface area (Å²) in [5, 5.41) is 3.33. The van der Waals surface area contributed by atoms with E-state index >= 15 is 0 Å². The van der Waals surface area contributed by atoms with Crippen LogP contribution in [0.4, 0.5) is 4.39 Å². The molecule has 0 amide bonds. The molecule has 21 heavy (non-hydrogen) atoms. The Bertz CT molecular complexity index is 563. The molecule has 0 bridgehead atoms. The second-order valence-corrected chi connectivity index (χ2v) is 7.41. The predicted octanol–water partition coefficient (Wildman–Crippen LogP) is 2.23. The van der Waals surface area contributed by atoms with Crippen LogP contribution in [0.3, 0.4) is 0 Å². The molecule has 1 aromatic rings. The minimum atomic E-state index is -3.73. The molecule has 1 atom stereocenters. The zero-order chi connectivity index (χ0) is 15.3. The van der Waals surface area contributed by atoms with Gasteiger partial charge in [-0.2, -0.15) is 4.31 Å². The molecular weight excluding hydrogens is 291 g/mol. The number of piperidine rings is 1. The van der Waals surface area contributed by atoms with Crippen molar-refractivity contribution in [3.8, 4) is 0 Å². The first-order valence-electron chi connectivity index (χ1n) is 7.51. The summed E-state index contributed by atoms with van der Waals surface area (Å²) in [5.74, 6) is -0.379. The molecule has 1 aliphatic heterocycles. The Morgan fingerprint density at radius 1 is 1.38 bits per heavy atom. The molecule has 1 unspecified atom stereocenters. The van der Waals surface area contributed by atoms with Crippen LogP contribution < -0.4 is 5.32 Å². The average molecular weight is 314 g/mol. The smallest absolute Gasteiger partial charge is 0.245 e. The van der Waals surface area contributed by atoms with Gasteiger partial charge in [-0.3, -0.25) is 0 Å². The molecule has 118 valence electrons. The van der Waals surface area contributed by atoms with Gasteiger partial charge >= 0.3 is 0 Å². The molecule has 0 aliphatic carbocycles. The third-order valence-electron chi connectivity index (χ3n) is 3.80. The van der Waals surface area contributed by atoms with E-state index in [1.54, 1.807) is 6.07 Å². The highest BCUT2D eigenvalue weighted by Gasteiger charge is 2.31. The lowest BCUT2D eigenvalue weighted by Gasteiger charge is -2.32. The third kappa shape index (κ3) is 4.02. The SMILES string of the molecule is CCCNCC1CCCN(S(=O)(=O)c2ccccc2F)C1. The lowest BCUT2D eigenvalue weighted by Crippen LogP contribution is -2.43. The van der Waals surface area contributed by atoms with Gasteiger partial charge in [0.2, 0.25) is 10.0 Å². The van der Waals surface area contributed by atoms with Crippen LogP contribution in [0.2, 0.25) is 0 Å². The largest absolute Gasteiger partial charge is 0.316 e. The topological polar surface area (TPSA) is 49.4 Å². The maximum Gasteiger partial charge on any atom is 0.245 e. The summed E-state index contributed by atoms with van der Waals surface area (Å²) in [4.78, 5) is -0.216. The number of hydrogen-bond acceptors (Lipinski definition) is 3. The van der Waals surface area contributed by atoms with Crippen molar-refractivity contribution in [2.45, 2.75) is 31.1 Å². The fourth-order valence-electron chi connectivity index (χ4n) is 2.69. The van der Waals surface area contributed by atoms with Crippen LogP contribution in [0, 0.1) is 11.7 Å². The number of sulfonamides is 1. The molecule has 4 nitrogen and oxygen atoms in total. The minimum Gasteiger partial charge on any atom is -0.316 e. The number of nitrogens with zero attached hydrogens (tertiary/aromatic N) is 1. The Hall–Kier alpha value is -0.980. The quantitative estimate of drug-likeness (QED) is 0.819. The Kier molecular flexibility index (Phi) is 5.72. The fourth-order valence-corrected chi connectivity index (χ4v) is 4.31. The summed E-state index contributed by atoms with van der Waals surface area (Å²) in [5.41, 5.74) is 0. The summed E-state index contributed by atoms with van der Waals surface area (Å²) in [6, 6.07) is 5.59. The van der Waals surface area contributed by atoms with Gasteiger partial charge in [0.25, 0.3) is 0 Å². The van der Waals surface area contributed by atoms with Gasteiger partial charge in [-0.05, 0) is 50.4 Å². The second kappa shape index (κ2) is 7.33. The predicted molar refractivity (Wildman–Crippen MR) is 81.0 cm³/mol. The van der Waals surface area contributed by atoms with E-state index < -0.39 is 15.8 Å². The van der Waals surface area contributed by atoms with Gasteiger partial charge in [-0.1, -0.05) is 19.1 Å². The second-order valence-electron chi connectivity index (χ2n) is 5.51. The van der Waals surface area contributed by atoms with Crippen molar-refractivity contribution in [2.75, 3.05) is 26.2 Å².